The quantitative estimate of drug-likeness (QED) is 0.645. The molecule has 0 aliphatic heterocycles. The number of pyridine rings is 1. The lowest BCUT2D eigenvalue weighted by Crippen LogP contribution is -2.08. The molecule has 0 aliphatic carbocycles. The van der Waals surface area contributed by atoms with Crippen LogP contribution >= 0.6 is 11.3 Å². The van der Waals surface area contributed by atoms with Crippen LogP contribution in [0.25, 0.3) is 16.5 Å². The fourth-order valence-electron chi connectivity index (χ4n) is 1.80. The molecule has 0 unspecified atom stereocenters. The summed E-state index contributed by atoms with van der Waals surface area (Å²) >= 11 is 1.40. The van der Waals surface area contributed by atoms with E-state index >= 15 is 0 Å². The molecule has 3 aromatic rings. The van der Waals surface area contributed by atoms with E-state index in [0.29, 0.717) is 22.9 Å². The lowest BCUT2D eigenvalue weighted by atomic mass is 10.2. The fraction of sp³-hybridized carbons (Fsp3) is 0.214. The maximum atomic E-state index is 10.9. The van der Waals surface area contributed by atoms with Gasteiger partial charge in [-0.2, -0.15) is 4.52 Å². The molecule has 1 amide bonds. The zero-order valence-electron chi connectivity index (χ0n) is 12.8. The fourth-order valence-corrected chi connectivity index (χ4v) is 2.37. The lowest BCUT2D eigenvalue weighted by molar-refractivity contribution is -0.118. The number of carboxylic acids is 1. The third-order valence-corrected chi connectivity index (χ3v) is 3.60. The Balaban J connectivity index is 0.000000301. The van der Waals surface area contributed by atoms with Crippen molar-refractivity contribution in [1.82, 2.24) is 19.6 Å². The molecule has 3 heterocycles. The largest absolute Gasteiger partial charge is 0.478 e. The third-order valence-electron chi connectivity index (χ3n) is 2.83. The molecule has 0 saturated heterocycles. The predicted molar refractivity (Wildman–Crippen MR) is 89.6 cm³/mol. The summed E-state index contributed by atoms with van der Waals surface area (Å²) in [6, 6.07) is 2.76. The molecule has 0 radical (unpaired) electrons. The van der Waals surface area contributed by atoms with Crippen molar-refractivity contribution in [2.45, 2.75) is 19.8 Å². The molecule has 0 fully saturated rings. The number of rotatable bonds is 4. The summed E-state index contributed by atoms with van der Waals surface area (Å²) in [5.41, 5.74) is 11.0. The third kappa shape index (κ3) is 4.04. The molecule has 10 heteroatoms. The summed E-state index contributed by atoms with van der Waals surface area (Å²) in [6.07, 6.45) is 3.02. The number of fused-ring (bicyclic) bond motifs is 1. The van der Waals surface area contributed by atoms with E-state index in [1.807, 2.05) is 12.3 Å². The summed E-state index contributed by atoms with van der Waals surface area (Å²) in [4.78, 5) is 29.0. The van der Waals surface area contributed by atoms with Crippen LogP contribution in [0.2, 0.25) is 0 Å². The maximum absolute atomic E-state index is 10.9. The number of aromatic nitrogens is 4. The minimum atomic E-state index is -1.05. The van der Waals surface area contributed by atoms with Gasteiger partial charge in [-0.25, -0.2) is 14.8 Å². The molecule has 0 atom stereocenters. The Morgan fingerprint density at radius 2 is 2.12 bits per heavy atom. The number of aromatic carboxylic acids is 1. The van der Waals surface area contributed by atoms with Crippen molar-refractivity contribution >= 4 is 34.7 Å². The van der Waals surface area contributed by atoms with Crippen LogP contribution in [-0.2, 0) is 4.79 Å². The van der Waals surface area contributed by atoms with Crippen LogP contribution < -0.4 is 11.5 Å². The molecular weight excluding hydrogens is 332 g/mol. The van der Waals surface area contributed by atoms with Crippen molar-refractivity contribution in [2.75, 3.05) is 5.73 Å². The van der Waals surface area contributed by atoms with Gasteiger partial charge in [-0.05, 0) is 18.6 Å². The highest BCUT2D eigenvalue weighted by molar-refractivity contribution is 7.13. The number of nitrogen functional groups attached to an aromatic ring is 1. The first-order valence-corrected chi connectivity index (χ1v) is 7.88. The number of nitrogens with zero attached hydrogens (tertiary/aromatic N) is 4. The Morgan fingerprint density at radius 3 is 2.62 bits per heavy atom. The van der Waals surface area contributed by atoms with Crippen LogP contribution in [0.3, 0.4) is 0 Å². The van der Waals surface area contributed by atoms with E-state index in [1.54, 1.807) is 6.20 Å². The number of carboxylic acid groups (broad SMARTS) is 1. The molecule has 3 aromatic heterocycles. The van der Waals surface area contributed by atoms with Crippen LogP contribution in [0.5, 0.6) is 0 Å². The first-order valence-electron chi connectivity index (χ1n) is 7.00. The Morgan fingerprint density at radius 1 is 1.38 bits per heavy atom. The van der Waals surface area contributed by atoms with Gasteiger partial charge >= 0.3 is 5.97 Å². The number of carbonyl (C=O) groups is 2. The van der Waals surface area contributed by atoms with Gasteiger partial charge in [0, 0.05) is 18.0 Å². The summed E-state index contributed by atoms with van der Waals surface area (Å²) in [7, 11) is 0. The van der Waals surface area contributed by atoms with E-state index < -0.39 is 5.97 Å². The smallest absolute Gasteiger partial charge is 0.335 e. The molecule has 0 aromatic carbocycles. The van der Waals surface area contributed by atoms with Crippen molar-refractivity contribution in [3.05, 3.63) is 29.3 Å². The molecule has 0 saturated carbocycles. The number of amides is 1. The van der Waals surface area contributed by atoms with E-state index in [4.69, 9.17) is 16.6 Å². The zero-order chi connectivity index (χ0) is 17.7. The second-order valence-corrected chi connectivity index (χ2v) is 5.63. The number of thiazole rings is 1. The molecule has 126 valence electrons. The minimum Gasteiger partial charge on any atom is -0.478 e. The van der Waals surface area contributed by atoms with E-state index in [-0.39, 0.29) is 17.3 Å². The average Bonchev–Trinajstić information content (AvgIpc) is 3.16. The number of primary amides is 1. The normalized spacial score (nSPS) is 10.2. The highest BCUT2D eigenvalue weighted by Crippen LogP contribution is 2.20. The lowest BCUT2D eigenvalue weighted by Gasteiger charge is -1.99. The number of nitrogens with two attached hydrogens (primary N) is 2. The highest BCUT2D eigenvalue weighted by Gasteiger charge is 2.13. The summed E-state index contributed by atoms with van der Waals surface area (Å²) in [5.74, 6) is -0.611. The van der Waals surface area contributed by atoms with Crippen LogP contribution in [0.1, 0.15) is 30.1 Å². The molecule has 0 aliphatic rings. The van der Waals surface area contributed by atoms with E-state index in [9.17, 15) is 9.59 Å². The Labute approximate surface area is 141 Å². The summed E-state index contributed by atoms with van der Waals surface area (Å²) < 4.78 is 1.39. The predicted octanol–water partition coefficient (Wildman–Crippen LogP) is 1.40. The highest BCUT2D eigenvalue weighted by atomic mass is 32.1. The Hall–Kier alpha value is -3.01. The Kier molecular flexibility index (Phi) is 5.42. The Bertz CT molecular complexity index is 859. The van der Waals surface area contributed by atoms with Gasteiger partial charge in [0.1, 0.15) is 5.82 Å². The van der Waals surface area contributed by atoms with Gasteiger partial charge in [0.25, 0.3) is 0 Å². The summed E-state index contributed by atoms with van der Waals surface area (Å²) in [6.45, 7) is 1.92. The van der Waals surface area contributed by atoms with Gasteiger partial charge in [-0.3, -0.25) is 4.79 Å². The van der Waals surface area contributed by atoms with Gasteiger partial charge in [-0.15, -0.1) is 16.4 Å². The first-order chi connectivity index (χ1) is 11.4. The van der Waals surface area contributed by atoms with E-state index in [1.165, 1.54) is 28.0 Å². The van der Waals surface area contributed by atoms with E-state index in [2.05, 4.69) is 15.1 Å². The van der Waals surface area contributed by atoms with Gasteiger partial charge in [-0.1, -0.05) is 6.92 Å². The average molecular weight is 348 g/mol. The molecule has 24 heavy (non-hydrogen) atoms. The minimum absolute atomic E-state index is 0.0816. The van der Waals surface area contributed by atoms with Gasteiger partial charge in [0.15, 0.2) is 10.7 Å². The number of hydrogen-bond donors (Lipinski definition) is 3. The number of carbonyl (C=O) groups excluding carboxylic acids is 1. The second-order valence-electron chi connectivity index (χ2n) is 4.73. The first kappa shape index (κ1) is 17.3. The zero-order valence-corrected chi connectivity index (χ0v) is 13.7. The molecule has 0 spiro atoms. The topological polar surface area (TPSA) is 149 Å². The van der Waals surface area contributed by atoms with Gasteiger partial charge in [0.05, 0.1) is 5.56 Å². The number of anilines is 1. The van der Waals surface area contributed by atoms with Gasteiger partial charge < -0.3 is 16.6 Å². The van der Waals surface area contributed by atoms with Crippen LogP contribution in [0.15, 0.2) is 23.7 Å². The number of hydrogen-bond acceptors (Lipinski definition) is 7. The van der Waals surface area contributed by atoms with Crippen LogP contribution in [-0.4, -0.2) is 36.6 Å². The van der Waals surface area contributed by atoms with Crippen molar-refractivity contribution in [1.29, 1.82) is 0 Å². The van der Waals surface area contributed by atoms with Crippen molar-refractivity contribution in [3.8, 4) is 10.8 Å². The maximum Gasteiger partial charge on any atom is 0.335 e. The molecule has 9 nitrogen and oxygen atoms in total. The van der Waals surface area contributed by atoms with Crippen LogP contribution in [0, 0.1) is 0 Å². The SMILES string of the molecule is CCCC(N)=O.Nc1cc(C(=O)O)cc2nc(-c3nccs3)nn12. The van der Waals surface area contributed by atoms with Crippen molar-refractivity contribution in [2.24, 2.45) is 5.73 Å². The van der Waals surface area contributed by atoms with Crippen molar-refractivity contribution in [3.63, 3.8) is 0 Å². The molecular formula is C14H16N6O3S. The monoisotopic (exact) mass is 348 g/mol. The molecule has 5 N–H and O–H groups in total. The molecule has 3 rings (SSSR count). The van der Waals surface area contributed by atoms with Gasteiger partial charge in [0.2, 0.25) is 11.7 Å². The second kappa shape index (κ2) is 7.51. The van der Waals surface area contributed by atoms with E-state index in [0.717, 1.165) is 6.42 Å². The summed E-state index contributed by atoms with van der Waals surface area (Å²) in [5, 5.41) is 15.6. The van der Waals surface area contributed by atoms with Crippen molar-refractivity contribution < 1.29 is 14.7 Å². The molecule has 0 bridgehead atoms. The standard InChI is InChI=1S/C10H7N5O2S.C4H9NO/c11-6-3-5(10(16)17)4-7-13-8(14-15(6)7)9-12-1-2-18-9;1-2-3-4(5)6/h1-4H,11H2,(H,16,17);2-3H2,1H3,(H2,5,6). The van der Waals surface area contributed by atoms with Crippen LogP contribution in [0.4, 0.5) is 5.82 Å².